The molecule has 31 heavy (non-hydrogen) atoms. The van der Waals surface area contributed by atoms with E-state index in [1.54, 1.807) is 63.9 Å². The zero-order valence-corrected chi connectivity index (χ0v) is 23.8. The summed E-state index contributed by atoms with van der Waals surface area (Å²) < 4.78 is 0. The maximum absolute atomic E-state index is 2.49. The first-order valence-corrected chi connectivity index (χ1v) is 19.6. The first kappa shape index (κ1) is 28.1. The van der Waals surface area contributed by atoms with Gasteiger partial charge in [-0.3, -0.25) is 0 Å². The van der Waals surface area contributed by atoms with E-state index in [4.69, 9.17) is 0 Å². The van der Waals surface area contributed by atoms with Gasteiger partial charge in [-0.25, -0.2) is 0 Å². The highest BCUT2D eigenvalue weighted by Crippen LogP contribution is 2.56. The Bertz CT molecular complexity index is 383. The highest BCUT2D eigenvalue weighted by Gasteiger charge is 2.30. The van der Waals surface area contributed by atoms with E-state index >= 15 is 0 Å². The van der Waals surface area contributed by atoms with Gasteiger partial charge in [-0.1, -0.05) is 96.3 Å². The second-order valence-electron chi connectivity index (χ2n) is 12.1. The Kier molecular flexibility index (Phi) is 15.7. The van der Waals surface area contributed by atoms with E-state index in [9.17, 15) is 0 Å². The van der Waals surface area contributed by atoms with Crippen LogP contribution in [0.2, 0.25) is 0 Å². The zero-order valence-electron chi connectivity index (χ0n) is 22.0. The van der Waals surface area contributed by atoms with Crippen molar-refractivity contribution in [3.63, 3.8) is 0 Å². The second-order valence-corrected chi connectivity index (χ2v) is 20.0. The lowest BCUT2D eigenvalue weighted by molar-refractivity contribution is 0.483. The maximum atomic E-state index is 2.49. The van der Waals surface area contributed by atoms with E-state index in [2.05, 4.69) is 20.0 Å². The summed E-state index contributed by atoms with van der Waals surface area (Å²) in [4.78, 5) is 0. The molecule has 2 saturated carbocycles. The van der Waals surface area contributed by atoms with Crippen molar-refractivity contribution in [2.75, 3.05) is 32.3 Å². The van der Waals surface area contributed by atoms with Gasteiger partial charge in [0.05, 0.1) is 6.16 Å². The number of hydrogen-bond donors (Lipinski definition) is 0. The fourth-order valence-corrected chi connectivity index (χ4v) is 11.3. The SMILES string of the molecule is C[P+](C)(C)CCCCCCCCCCCCCCP(C1CCCCC1)C1CCCCC1. The molecule has 0 aromatic carbocycles. The van der Waals surface area contributed by atoms with Crippen molar-refractivity contribution in [1.82, 2.24) is 0 Å². The van der Waals surface area contributed by atoms with E-state index < -0.39 is 7.26 Å². The minimum absolute atomic E-state index is 0.359. The minimum Gasteiger partial charge on any atom is -0.100 e. The van der Waals surface area contributed by atoms with Gasteiger partial charge in [0.2, 0.25) is 0 Å². The molecule has 0 saturated heterocycles. The van der Waals surface area contributed by atoms with Crippen LogP contribution in [0.15, 0.2) is 0 Å². The van der Waals surface area contributed by atoms with Gasteiger partial charge in [0.25, 0.3) is 0 Å². The first-order valence-electron chi connectivity index (χ1n) is 14.6. The molecule has 0 spiro atoms. The van der Waals surface area contributed by atoms with E-state index in [1.807, 2.05) is 0 Å². The largest absolute Gasteiger partial charge is 0.100 e. The molecule has 0 unspecified atom stereocenters. The van der Waals surface area contributed by atoms with Crippen LogP contribution >= 0.6 is 15.2 Å². The quantitative estimate of drug-likeness (QED) is 0.147. The maximum Gasteiger partial charge on any atom is 0.0586 e. The predicted molar refractivity (Wildman–Crippen MR) is 150 cm³/mol. The molecule has 2 aliphatic rings. The van der Waals surface area contributed by atoms with Gasteiger partial charge < -0.3 is 0 Å². The molecule has 2 heteroatoms. The van der Waals surface area contributed by atoms with E-state index in [0.29, 0.717) is 7.92 Å². The zero-order chi connectivity index (χ0) is 22.2. The fourth-order valence-electron chi connectivity index (χ4n) is 6.14. The average Bonchev–Trinajstić information content (AvgIpc) is 2.77. The molecule has 2 fully saturated rings. The molecular weight excluding hydrogens is 410 g/mol. The smallest absolute Gasteiger partial charge is 0.0586 e. The molecule has 0 aliphatic heterocycles. The van der Waals surface area contributed by atoms with E-state index in [1.165, 1.54) is 101 Å². The highest BCUT2D eigenvalue weighted by atomic mass is 31.2. The Morgan fingerprint density at radius 1 is 0.484 bits per heavy atom. The fraction of sp³-hybridized carbons (Fsp3) is 1.00. The molecule has 0 nitrogen and oxygen atoms in total. The van der Waals surface area contributed by atoms with Crippen LogP contribution in [0, 0.1) is 0 Å². The van der Waals surface area contributed by atoms with Crippen LogP contribution in [-0.2, 0) is 0 Å². The van der Waals surface area contributed by atoms with Crippen molar-refractivity contribution >= 4 is 15.2 Å². The van der Waals surface area contributed by atoms with Crippen molar-refractivity contribution in [2.45, 2.75) is 153 Å². The van der Waals surface area contributed by atoms with Gasteiger partial charge in [0.1, 0.15) is 0 Å². The van der Waals surface area contributed by atoms with Gasteiger partial charge in [-0.2, -0.15) is 0 Å². The first-order chi connectivity index (χ1) is 15.1. The van der Waals surface area contributed by atoms with Gasteiger partial charge in [0.15, 0.2) is 0 Å². The predicted octanol–water partition coefficient (Wildman–Crippen LogP) is 10.7. The molecule has 2 rings (SSSR count). The molecule has 0 radical (unpaired) electrons. The second kappa shape index (κ2) is 17.3. The molecule has 0 bridgehead atoms. The van der Waals surface area contributed by atoms with Gasteiger partial charge >= 0.3 is 0 Å². The topological polar surface area (TPSA) is 0 Å². The molecule has 0 atom stereocenters. The summed E-state index contributed by atoms with van der Waals surface area (Å²) in [6.07, 6.45) is 36.9. The lowest BCUT2D eigenvalue weighted by Crippen LogP contribution is -2.22. The summed E-state index contributed by atoms with van der Waals surface area (Å²) in [5.74, 6) is 0. The third kappa shape index (κ3) is 14.0. The summed E-state index contributed by atoms with van der Waals surface area (Å²) >= 11 is 0. The van der Waals surface area contributed by atoms with Crippen LogP contribution in [0.25, 0.3) is 0 Å². The van der Waals surface area contributed by atoms with Gasteiger partial charge in [-0.15, -0.1) is 7.92 Å². The molecule has 0 heterocycles. The van der Waals surface area contributed by atoms with E-state index in [0.717, 1.165) is 0 Å². The molecule has 184 valence electrons. The normalized spacial score (nSPS) is 19.4. The van der Waals surface area contributed by atoms with Crippen LogP contribution in [-0.4, -0.2) is 43.6 Å². The van der Waals surface area contributed by atoms with Crippen molar-refractivity contribution in [3.8, 4) is 0 Å². The Morgan fingerprint density at radius 2 is 0.839 bits per heavy atom. The molecule has 2 aliphatic carbocycles. The average molecular weight is 470 g/mol. The number of rotatable bonds is 17. The summed E-state index contributed by atoms with van der Waals surface area (Å²) in [6, 6.07) is 0. The molecular formula is C29H59P2+. The van der Waals surface area contributed by atoms with Crippen LogP contribution < -0.4 is 0 Å². The summed E-state index contributed by atoms with van der Waals surface area (Å²) in [7, 11) is -0.159. The van der Waals surface area contributed by atoms with Crippen LogP contribution in [0.4, 0.5) is 0 Å². The molecule has 0 aromatic rings. The Hall–Kier alpha value is 0.860. The van der Waals surface area contributed by atoms with Crippen molar-refractivity contribution in [1.29, 1.82) is 0 Å². The lowest BCUT2D eigenvalue weighted by Gasteiger charge is -2.38. The Morgan fingerprint density at radius 3 is 1.23 bits per heavy atom. The minimum atomic E-state index is -0.518. The summed E-state index contributed by atoms with van der Waals surface area (Å²) in [5.41, 5.74) is 2.34. The van der Waals surface area contributed by atoms with Crippen LogP contribution in [0.1, 0.15) is 141 Å². The molecule has 0 N–H and O–H groups in total. The highest BCUT2D eigenvalue weighted by molar-refractivity contribution is 7.73. The van der Waals surface area contributed by atoms with Crippen LogP contribution in [0.3, 0.4) is 0 Å². The van der Waals surface area contributed by atoms with E-state index in [-0.39, 0.29) is 0 Å². The third-order valence-corrected chi connectivity index (χ3v) is 13.5. The molecule has 0 amide bonds. The van der Waals surface area contributed by atoms with Gasteiger partial charge in [-0.05, 0) is 62.4 Å². The standard InChI is InChI=1S/C29H59P2/c1-31(2,3)27-21-13-11-9-7-5-4-6-8-10-12-20-26-30(28-22-16-14-17-23-28)29-24-18-15-19-25-29/h28-29H,4-27H2,1-3H3/q+1. The third-order valence-electron chi connectivity index (χ3n) is 8.08. The Labute approximate surface area is 200 Å². The molecule has 0 aromatic heterocycles. The van der Waals surface area contributed by atoms with Crippen molar-refractivity contribution in [3.05, 3.63) is 0 Å². The number of unbranched alkanes of at least 4 members (excludes halogenated alkanes) is 11. The van der Waals surface area contributed by atoms with Crippen molar-refractivity contribution in [2.24, 2.45) is 0 Å². The van der Waals surface area contributed by atoms with Crippen molar-refractivity contribution < 1.29 is 0 Å². The summed E-state index contributed by atoms with van der Waals surface area (Å²) in [6.45, 7) is 7.46. The monoisotopic (exact) mass is 469 g/mol. The summed E-state index contributed by atoms with van der Waals surface area (Å²) in [5, 5.41) is 0. The Balaban J connectivity index is 1.42. The number of hydrogen-bond acceptors (Lipinski definition) is 0. The van der Waals surface area contributed by atoms with Gasteiger partial charge in [0, 0.05) is 27.3 Å². The lowest BCUT2D eigenvalue weighted by atomic mass is 9.99. The van der Waals surface area contributed by atoms with Crippen LogP contribution in [0.5, 0.6) is 0 Å².